The highest BCUT2D eigenvalue weighted by atomic mass is 19.2. The first kappa shape index (κ1) is 28.4. The molecular weight excluding hydrogens is 515 g/mol. The van der Waals surface area contributed by atoms with Crippen LogP contribution in [0.5, 0.6) is 5.88 Å². The number of hydrogen-bond donors (Lipinski definition) is 3. The molecule has 1 aliphatic heterocycles. The number of methoxy groups -OCH3 is 1. The van der Waals surface area contributed by atoms with Crippen molar-refractivity contribution in [2.75, 3.05) is 45.3 Å². The second-order valence-electron chi connectivity index (χ2n) is 9.55. The molecule has 2 aromatic carbocycles. The van der Waals surface area contributed by atoms with Gasteiger partial charge in [-0.15, -0.1) is 5.10 Å². The molecule has 1 aromatic heterocycles. The van der Waals surface area contributed by atoms with Crippen molar-refractivity contribution >= 4 is 11.8 Å². The monoisotopic (exact) mass is 547 g/mol. The smallest absolute Gasteiger partial charge is 0.320 e. The van der Waals surface area contributed by atoms with E-state index in [1.165, 1.54) is 4.68 Å². The van der Waals surface area contributed by atoms with E-state index in [2.05, 4.69) is 15.7 Å². The summed E-state index contributed by atoms with van der Waals surface area (Å²) in [4.78, 5) is 15.3. The number of carbonyl (C=O) groups excluding carboxylic acids is 1. The van der Waals surface area contributed by atoms with Gasteiger partial charge in [0, 0.05) is 32.7 Å². The lowest BCUT2D eigenvalue weighted by Crippen LogP contribution is -2.42. The summed E-state index contributed by atoms with van der Waals surface area (Å²) in [5.41, 5.74) is 1.46. The summed E-state index contributed by atoms with van der Waals surface area (Å²) >= 11 is 0. The number of nitrogens with one attached hydrogen (secondary N) is 2. The summed E-state index contributed by atoms with van der Waals surface area (Å²) in [5, 5.41) is 19.8. The minimum absolute atomic E-state index is 0.0180. The maximum absolute atomic E-state index is 14.0. The van der Waals surface area contributed by atoms with E-state index in [4.69, 9.17) is 9.47 Å². The highest BCUT2D eigenvalue weighted by Gasteiger charge is 2.36. The van der Waals surface area contributed by atoms with Crippen LogP contribution in [-0.2, 0) is 4.74 Å². The summed E-state index contributed by atoms with van der Waals surface area (Å²) in [6.07, 6.45) is -0.715. The van der Waals surface area contributed by atoms with Crippen LogP contribution >= 0.6 is 0 Å². The maximum Gasteiger partial charge on any atom is 0.320 e. The molecule has 1 fully saturated rings. The predicted octanol–water partition coefficient (Wildman–Crippen LogP) is 3.59. The van der Waals surface area contributed by atoms with Crippen molar-refractivity contribution in [3.8, 4) is 11.6 Å². The zero-order valence-corrected chi connectivity index (χ0v) is 22.0. The van der Waals surface area contributed by atoms with Crippen molar-refractivity contribution in [3.05, 3.63) is 71.0 Å². The third-order valence-electron chi connectivity index (χ3n) is 6.53. The molecule has 3 aromatic rings. The second kappa shape index (κ2) is 12.5. The number of rotatable bonds is 10. The Morgan fingerprint density at radius 2 is 1.87 bits per heavy atom. The lowest BCUT2D eigenvalue weighted by atomic mass is 9.94. The number of para-hydroxylation sites is 1. The van der Waals surface area contributed by atoms with E-state index in [0.717, 1.165) is 12.1 Å². The van der Waals surface area contributed by atoms with Crippen molar-refractivity contribution < 1.29 is 32.5 Å². The van der Waals surface area contributed by atoms with Crippen LogP contribution in [0.3, 0.4) is 0 Å². The number of aromatic nitrogens is 2. The molecule has 9 nitrogen and oxygen atoms in total. The Morgan fingerprint density at radius 3 is 2.51 bits per heavy atom. The van der Waals surface area contributed by atoms with Crippen LogP contribution in [0.1, 0.15) is 24.0 Å². The normalized spacial score (nSPS) is 18.2. The number of amides is 2. The zero-order valence-electron chi connectivity index (χ0n) is 22.0. The summed E-state index contributed by atoms with van der Waals surface area (Å²) < 4.78 is 54.0. The van der Waals surface area contributed by atoms with Gasteiger partial charge in [-0.25, -0.2) is 22.6 Å². The lowest BCUT2D eigenvalue weighted by molar-refractivity contribution is 0.119. The summed E-state index contributed by atoms with van der Waals surface area (Å²) in [7, 11) is 1.57. The molecule has 1 aliphatic rings. The van der Waals surface area contributed by atoms with Crippen molar-refractivity contribution in [1.29, 1.82) is 0 Å². The van der Waals surface area contributed by atoms with Gasteiger partial charge in [0.05, 0.1) is 30.0 Å². The Balaban J connectivity index is 1.58. The summed E-state index contributed by atoms with van der Waals surface area (Å²) in [5.74, 6) is -4.00. The third kappa shape index (κ3) is 6.70. The average molecular weight is 548 g/mol. The van der Waals surface area contributed by atoms with E-state index in [1.807, 2.05) is 35.2 Å². The topological polar surface area (TPSA) is 101 Å². The zero-order chi connectivity index (χ0) is 28.1. The number of anilines is 1. The molecule has 0 spiro atoms. The van der Waals surface area contributed by atoms with E-state index in [0.29, 0.717) is 43.3 Å². The first-order valence-electron chi connectivity index (χ1n) is 12.6. The Hall–Kier alpha value is -3.61. The second-order valence-corrected chi connectivity index (χ2v) is 9.55. The van der Waals surface area contributed by atoms with Crippen LogP contribution in [-0.4, -0.2) is 77.9 Å². The molecule has 12 heteroatoms. The van der Waals surface area contributed by atoms with Crippen LogP contribution in [0.25, 0.3) is 5.69 Å². The maximum atomic E-state index is 14.0. The van der Waals surface area contributed by atoms with Gasteiger partial charge < -0.3 is 19.9 Å². The van der Waals surface area contributed by atoms with Gasteiger partial charge in [-0.2, -0.15) is 0 Å². The van der Waals surface area contributed by atoms with E-state index in [9.17, 15) is 23.1 Å². The number of nitrogens with zero attached hydrogens (tertiary/aromatic N) is 3. The number of hydrogen-bond acceptors (Lipinski definition) is 6. The van der Waals surface area contributed by atoms with Gasteiger partial charge in [-0.1, -0.05) is 18.2 Å². The Bertz CT molecular complexity index is 1260. The van der Waals surface area contributed by atoms with Crippen LogP contribution in [0.15, 0.2) is 42.5 Å². The van der Waals surface area contributed by atoms with Gasteiger partial charge in [-0.05, 0) is 43.7 Å². The standard InChI is InChI=1S/C27H32F3N5O4/c1-16(36)15-39-26-17(2)25(35(33-26)19-7-5-4-6-8-19)32-27(37)31-23-14-34(9-10-38-3)13-20(23)18-11-21(28)24(30)22(29)12-18/h4-8,11-12,16,20,23,36H,9-10,13-15H2,1-3H3,(H2,31,32,37)/t16?,20-,23+/m0/s1. The van der Waals surface area contributed by atoms with Gasteiger partial charge in [-0.3, -0.25) is 10.2 Å². The molecule has 2 heterocycles. The third-order valence-corrected chi connectivity index (χ3v) is 6.53. The number of urea groups is 1. The molecular formula is C27H32F3N5O4. The molecule has 3 N–H and O–H groups in total. The fourth-order valence-corrected chi connectivity index (χ4v) is 4.59. The number of likely N-dealkylation sites (tertiary alicyclic amines) is 1. The van der Waals surface area contributed by atoms with Gasteiger partial charge in [0.1, 0.15) is 12.4 Å². The van der Waals surface area contributed by atoms with Crippen molar-refractivity contribution in [2.45, 2.75) is 31.9 Å². The number of carbonyl (C=O) groups is 1. The van der Waals surface area contributed by atoms with Crippen LogP contribution in [0.2, 0.25) is 0 Å². The molecule has 210 valence electrons. The van der Waals surface area contributed by atoms with Gasteiger partial charge in [0.15, 0.2) is 17.5 Å². The molecule has 1 saturated heterocycles. The Kier molecular flexibility index (Phi) is 9.10. The van der Waals surface area contributed by atoms with Gasteiger partial charge in [0.2, 0.25) is 5.88 Å². The number of ether oxygens (including phenoxy) is 2. The average Bonchev–Trinajstić information content (AvgIpc) is 3.45. The Morgan fingerprint density at radius 1 is 1.18 bits per heavy atom. The highest BCUT2D eigenvalue weighted by molar-refractivity contribution is 5.90. The van der Waals surface area contributed by atoms with Gasteiger partial charge >= 0.3 is 6.03 Å². The fraction of sp³-hybridized carbons (Fsp3) is 0.407. The molecule has 2 amide bonds. The van der Waals surface area contributed by atoms with Gasteiger partial charge in [0.25, 0.3) is 0 Å². The number of aliphatic hydroxyl groups excluding tert-OH is 1. The van der Waals surface area contributed by atoms with Crippen molar-refractivity contribution in [2.24, 2.45) is 0 Å². The number of halogens is 3. The van der Waals surface area contributed by atoms with E-state index in [1.54, 1.807) is 21.0 Å². The highest BCUT2D eigenvalue weighted by Crippen LogP contribution is 2.31. The van der Waals surface area contributed by atoms with Crippen LogP contribution in [0.4, 0.5) is 23.8 Å². The summed E-state index contributed by atoms with van der Waals surface area (Å²) in [6.45, 7) is 5.09. The quantitative estimate of drug-likeness (QED) is 0.336. The van der Waals surface area contributed by atoms with E-state index < -0.39 is 41.5 Å². The van der Waals surface area contributed by atoms with Crippen molar-refractivity contribution in [3.63, 3.8) is 0 Å². The first-order valence-corrected chi connectivity index (χ1v) is 12.6. The Labute approximate surface area is 224 Å². The van der Waals surface area contributed by atoms with E-state index >= 15 is 0 Å². The number of aliphatic hydroxyl groups is 1. The van der Waals surface area contributed by atoms with Crippen LogP contribution < -0.4 is 15.4 Å². The number of benzene rings is 2. The molecule has 4 rings (SSSR count). The molecule has 0 saturated carbocycles. The largest absolute Gasteiger partial charge is 0.474 e. The van der Waals surface area contributed by atoms with E-state index in [-0.39, 0.29) is 18.1 Å². The first-order chi connectivity index (χ1) is 18.7. The summed E-state index contributed by atoms with van der Waals surface area (Å²) in [6, 6.07) is 9.96. The molecule has 0 bridgehead atoms. The molecule has 0 radical (unpaired) electrons. The molecule has 0 aliphatic carbocycles. The minimum atomic E-state index is -1.53. The lowest BCUT2D eigenvalue weighted by Gasteiger charge is -2.21. The predicted molar refractivity (Wildman–Crippen MR) is 139 cm³/mol. The molecule has 1 unspecified atom stereocenters. The van der Waals surface area contributed by atoms with Crippen LogP contribution in [0, 0.1) is 24.4 Å². The fourth-order valence-electron chi connectivity index (χ4n) is 4.59. The van der Waals surface area contributed by atoms with Crippen molar-refractivity contribution in [1.82, 2.24) is 20.0 Å². The molecule has 3 atom stereocenters. The SMILES string of the molecule is COCCN1C[C@@H](NC(=O)Nc2c(C)c(OCC(C)O)nn2-c2ccccc2)[C@H](c2cc(F)c(F)c(F)c2)C1. The minimum Gasteiger partial charge on any atom is -0.474 e. The molecule has 39 heavy (non-hydrogen) atoms.